The minimum Gasteiger partial charge on any atom is -0.387 e. The van der Waals surface area contributed by atoms with Gasteiger partial charge in [-0.05, 0) is 17.7 Å². The van der Waals surface area contributed by atoms with Crippen molar-refractivity contribution in [3.8, 4) is 0 Å². The molecule has 2 nitrogen and oxygen atoms in total. The SMILES string of the molecule is CCN(Cc1ccccc1)CC(O)C1=CC=CC(C)(C)C=C1. The van der Waals surface area contributed by atoms with Crippen LogP contribution in [-0.4, -0.2) is 29.2 Å². The van der Waals surface area contributed by atoms with Crippen LogP contribution < -0.4 is 0 Å². The van der Waals surface area contributed by atoms with Gasteiger partial charge in [0.05, 0.1) is 6.10 Å². The molecule has 0 amide bonds. The highest BCUT2D eigenvalue weighted by molar-refractivity contribution is 5.33. The second-order valence-corrected chi connectivity index (χ2v) is 6.51. The van der Waals surface area contributed by atoms with Crippen molar-refractivity contribution in [1.82, 2.24) is 4.90 Å². The highest BCUT2D eigenvalue weighted by atomic mass is 16.3. The molecule has 0 spiro atoms. The minimum atomic E-state index is -0.460. The lowest BCUT2D eigenvalue weighted by molar-refractivity contribution is 0.140. The van der Waals surface area contributed by atoms with Crippen LogP contribution >= 0.6 is 0 Å². The van der Waals surface area contributed by atoms with Crippen LogP contribution in [0.5, 0.6) is 0 Å². The molecule has 0 saturated carbocycles. The first kappa shape index (κ1) is 16.7. The molecule has 0 heterocycles. The Morgan fingerprint density at radius 2 is 1.86 bits per heavy atom. The van der Waals surface area contributed by atoms with Crippen molar-refractivity contribution in [1.29, 1.82) is 0 Å². The molecular weight excluding hydrogens is 270 g/mol. The number of benzene rings is 1. The normalized spacial score (nSPS) is 18.1. The lowest BCUT2D eigenvalue weighted by atomic mass is 9.93. The van der Waals surface area contributed by atoms with Gasteiger partial charge < -0.3 is 5.11 Å². The van der Waals surface area contributed by atoms with E-state index in [-0.39, 0.29) is 5.41 Å². The molecule has 1 atom stereocenters. The average Bonchev–Trinajstić information content (AvgIpc) is 2.68. The smallest absolute Gasteiger partial charge is 0.0916 e. The number of aliphatic hydroxyl groups excluding tert-OH is 1. The maximum absolute atomic E-state index is 10.6. The largest absolute Gasteiger partial charge is 0.387 e. The summed E-state index contributed by atoms with van der Waals surface area (Å²) in [6.07, 6.45) is 9.97. The number of rotatable bonds is 6. The van der Waals surface area contributed by atoms with E-state index in [1.54, 1.807) is 0 Å². The highest BCUT2D eigenvalue weighted by Crippen LogP contribution is 2.24. The second kappa shape index (κ2) is 7.57. The molecule has 0 radical (unpaired) electrons. The Bertz CT molecular complexity index is 554. The van der Waals surface area contributed by atoms with Gasteiger partial charge >= 0.3 is 0 Å². The van der Waals surface area contributed by atoms with Crippen LogP contribution in [0.25, 0.3) is 0 Å². The van der Waals surface area contributed by atoms with E-state index in [1.807, 2.05) is 18.2 Å². The van der Waals surface area contributed by atoms with E-state index >= 15 is 0 Å². The van der Waals surface area contributed by atoms with Gasteiger partial charge in [0.15, 0.2) is 0 Å². The third kappa shape index (κ3) is 4.97. The van der Waals surface area contributed by atoms with Gasteiger partial charge in [0.25, 0.3) is 0 Å². The molecule has 22 heavy (non-hydrogen) atoms. The predicted octanol–water partition coefficient (Wildman–Crippen LogP) is 3.95. The van der Waals surface area contributed by atoms with Gasteiger partial charge in [-0.25, -0.2) is 0 Å². The molecule has 1 unspecified atom stereocenters. The van der Waals surface area contributed by atoms with E-state index < -0.39 is 6.10 Å². The van der Waals surface area contributed by atoms with E-state index in [1.165, 1.54) is 5.56 Å². The average molecular weight is 297 g/mol. The number of allylic oxidation sites excluding steroid dienone is 4. The summed E-state index contributed by atoms with van der Waals surface area (Å²) < 4.78 is 0. The van der Waals surface area contributed by atoms with Gasteiger partial charge in [-0.1, -0.05) is 81.5 Å². The molecule has 0 fully saturated rings. The zero-order chi connectivity index (χ0) is 16.0. The van der Waals surface area contributed by atoms with Crippen molar-refractivity contribution in [2.45, 2.75) is 33.4 Å². The van der Waals surface area contributed by atoms with Gasteiger partial charge in [-0.15, -0.1) is 0 Å². The zero-order valence-corrected chi connectivity index (χ0v) is 13.9. The maximum atomic E-state index is 10.6. The molecule has 0 bridgehead atoms. The van der Waals surface area contributed by atoms with E-state index in [2.05, 4.69) is 68.2 Å². The molecule has 1 aromatic carbocycles. The summed E-state index contributed by atoms with van der Waals surface area (Å²) in [5.74, 6) is 0. The van der Waals surface area contributed by atoms with Crippen LogP contribution in [-0.2, 0) is 6.54 Å². The molecule has 1 aromatic rings. The first-order valence-electron chi connectivity index (χ1n) is 8.03. The molecule has 2 rings (SSSR count). The Balaban J connectivity index is 1.99. The first-order chi connectivity index (χ1) is 10.5. The van der Waals surface area contributed by atoms with Crippen LogP contribution in [0.1, 0.15) is 26.3 Å². The van der Waals surface area contributed by atoms with Crippen LogP contribution in [0, 0.1) is 5.41 Å². The molecule has 1 aliphatic rings. The summed E-state index contributed by atoms with van der Waals surface area (Å²) in [6, 6.07) is 10.4. The molecule has 1 aliphatic carbocycles. The van der Waals surface area contributed by atoms with Crippen LogP contribution in [0.2, 0.25) is 0 Å². The van der Waals surface area contributed by atoms with Crippen molar-refractivity contribution in [2.75, 3.05) is 13.1 Å². The van der Waals surface area contributed by atoms with Crippen molar-refractivity contribution in [3.63, 3.8) is 0 Å². The van der Waals surface area contributed by atoms with Crippen LogP contribution in [0.3, 0.4) is 0 Å². The van der Waals surface area contributed by atoms with Crippen molar-refractivity contribution < 1.29 is 5.11 Å². The summed E-state index contributed by atoms with van der Waals surface area (Å²) in [5.41, 5.74) is 2.31. The van der Waals surface area contributed by atoms with Crippen molar-refractivity contribution in [2.24, 2.45) is 5.41 Å². The van der Waals surface area contributed by atoms with Crippen LogP contribution in [0.15, 0.2) is 66.3 Å². The fourth-order valence-electron chi connectivity index (χ4n) is 2.55. The quantitative estimate of drug-likeness (QED) is 0.859. The van der Waals surface area contributed by atoms with E-state index in [0.717, 1.165) is 18.7 Å². The van der Waals surface area contributed by atoms with E-state index in [4.69, 9.17) is 0 Å². The van der Waals surface area contributed by atoms with Crippen molar-refractivity contribution in [3.05, 3.63) is 71.8 Å². The highest BCUT2D eigenvalue weighted by Gasteiger charge is 2.16. The lowest BCUT2D eigenvalue weighted by Crippen LogP contribution is -2.32. The van der Waals surface area contributed by atoms with Gasteiger partial charge in [-0.3, -0.25) is 4.90 Å². The fourth-order valence-corrected chi connectivity index (χ4v) is 2.55. The molecule has 118 valence electrons. The zero-order valence-electron chi connectivity index (χ0n) is 13.9. The third-order valence-corrected chi connectivity index (χ3v) is 4.03. The third-order valence-electron chi connectivity index (χ3n) is 4.03. The first-order valence-corrected chi connectivity index (χ1v) is 8.03. The number of nitrogens with zero attached hydrogens (tertiary/aromatic N) is 1. The Morgan fingerprint density at radius 1 is 1.14 bits per heavy atom. The molecule has 0 aromatic heterocycles. The topological polar surface area (TPSA) is 23.5 Å². The molecule has 1 N–H and O–H groups in total. The van der Waals surface area contributed by atoms with Gasteiger partial charge in [0.1, 0.15) is 0 Å². The summed E-state index contributed by atoms with van der Waals surface area (Å²) >= 11 is 0. The summed E-state index contributed by atoms with van der Waals surface area (Å²) in [4.78, 5) is 2.27. The van der Waals surface area contributed by atoms with Gasteiger partial charge in [0.2, 0.25) is 0 Å². The van der Waals surface area contributed by atoms with E-state index in [9.17, 15) is 5.11 Å². The molecule has 2 heteroatoms. The predicted molar refractivity (Wildman–Crippen MR) is 93.5 cm³/mol. The molecule has 0 aliphatic heterocycles. The Labute approximate surface area is 134 Å². The summed E-state index contributed by atoms with van der Waals surface area (Å²) in [6.45, 7) is 8.90. The molecular formula is C20H27NO. The Kier molecular flexibility index (Phi) is 5.76. The van der Waals surface area contributed by atoms with Gasteiger partial charge in [0, 0.05) is 18.5 Å². The standard InChI is InChI=1S/C20H27NO/c1-4-21(15-17-9-6-5-7-10-17)16-19(22)18-11-8-13-20(2,3)14-12-18/h5-14,19,22H,4,15-16H2,1-3H3. The lowest BCUT2D eigenvalue weighted by Gasteiger charge is -2.24. The summed E-state index contributed by atoms with van der Waals surface area (Å²) in [7, 11) is 0. The Hall–Kier alpha value is -1.64. The number of hydrogen-bond acceptors (Lipinski definition) is 2. The number of hydrogen-bond donors (Lipinski definition) is 1. The monoisotopic (exact) mass is 297 g/mol. The fraction of sp³-hybridized carbons (Fsp3) is 0.400. The molecule has 0 saturated heterocycles. The second-order valence-electron chi connectivity index (χ2n) is 6.51. The van der Waals surface area contributed by atoms with Crippen LogP contribution in [0.4, 0.5) is 0 Å². The van der Waals surface area contributed by atoms with Crippen molar-refractivity contribution >= 4 is 0 Å². The number of aliphatic hydroxyl groups is 1. The van der Waals surface area contributed by atoms with Gasteiger partial charge in [-0.2, -0.15) is 0 Å². The number of likely N-dealkylation sites (N-methyl/N-ethyl adjacent to an activating group) is 1. The summed E-state index contributed by atoms with van der Waals surface area (Å²) in [5, 5.41) is 10.6. The van der Waals surface area contributed by atoms with E-state index in [0.29, 0.717) is 6.54 Å². The maximum Gasteiger partial charge on any atom is 0.0916 e. The Morgan fingerprint density at radius 3 is 2.55 bits per heavy atom. The minimum absolute atomic E-state index is 0.0481.